The van der Waals surface area contributed by atoms with Crippen LogP contribution in [-0.4, -0.2) is 28.7 Å². The van der Waals surface area contributed by atoms with Crippen molar-refractivity contribution in [1.82, 2.24) is 14.9 Å². The lowest BCUT2D eigenvalue weighted by Gasteiger charge is -2.30. The molecule has 2 aliphatic rings. The van der Waals surface area contributed by atoms with E-state index in [-0.39, 0.29) is 5.56 Å². The Morgan fingerprint density at radius 3 is 2.90 bits per heavy atom. The van der Waals surface area contributed by atoms with Crippen molar-refractivity contribution < 1.29 is 4.74 Å². The van der Waals surface area contributed by atoms with Crippen molar-refractivity contribution in [3.05, 3.63) is 57.0 Å². The summed E-state index contributed by atoms with van der Waals surface area (Å²) < 4.78 is 7.04. The number of rotatable bonds is 5. The van der Waals surface area contributed by atoms with E-state index in [2.05, 4.69) is 10.3 Å². The zero-order chi connectivity index (χ0) is 20.5. The molecule has 0 saturated heterocycles. The Hall–Kier alpha value is -2.18. The largest absolute Gasteiger partial charge is 0.497 e. The van der Waals surface area contributed by atoms with Gasteiger partial charge < -0.3 is 10.1 Å². The highest BCUT2D eigenvalue weighted by atomic mass is 32.1. The number of ether oxygens (including phenoxy) is 1. The Morgan fingerprint density at radius 1 is 1.20 bits per heavy atom. The predicted molar refractivity (Wildman–Crippen MR) is 122 cm³/mol. The molecule has 0 radical (unpaired) electrons. The van der Waals surface area contributed by atoms with Gasteiger partial charge in [0.25, 0.3) is 5.56 Å². The van der Waals surface area contributed by atoms with Crippen LogP contribution in [0.1, 0.15) is 54.5 Å². The summed E-state index contributed by atoms with van der Waals surface area (Å²) in [6, 6.07) is 9.08. The second-order valence-corrected chi connectivity index (χ2v) is 9.74. The van der Waals surface area contributed by atoms with Gasteiger partial charge in [-0.25, -0.2) is 4.98 Å². The van der Waals surface area contributed by atoms with Crippen molar-refractivity contribution in [2.24, 2.45) is 0 Å². The molecule has 0 amide bonds. The van der Waals surface area contributed by atoms with E-state index in [4.69, 9.17) is 4.74 Å². The summed E-state index contributed by atoms with van der Waals surface area (Å²) in [7, 11) is 1.66. The number of aryl methyl sites for hydroxylation is 1. The Labute approximate surface area is 181 Å². The van der Waals surface area contributed by atoms with Gasteiger partial charge in [0.05, 0.1) is 25.4 Å². The van der Waals surface area contributed by atoms with Crippen LogP contribution in [0.2, 0.25) is 0 Å². The molecule has 0 aliphatic heterocycles. The van der Waals surface area contributed by atoms with Gasteiger partial charge in [-0.15, -0.1) is 11.3 Å². The molecule has 1 N–H and O–H groups in total. The Morgan fingerprint density at radius 2 is 2.07 bits per heavy atom. The van der Waals surface area contributed by atoms with Crippen molar-refractivity contribution in [2.75, 3.05) is 7.11 Å². The number of fused-ring (bicyclic) bond motifs is 3. The molecule has 2 heterocycles. The first-order chi connectivity index (χ1) is 14.7. The SMILES string of the molecule is COc1cccc(Cn2cnc3sc4c(c3c2=O)CCC(NC2CCCCC2)C4)c1. The van der Waals surface area contributed by atoms with E-state index in [1.807, 2.05) is 24.3 Å². The summed E-state index contributed by atoms with van der Waals surface area (Å²) in [6.07, 6.45) is 11.5. The Kier molecular flexibility index (Phi) is 5.61. The maximum Gasteiger partial charge on any atom is 0.262 e. The molecule has 0 bridgehead atoms. The van der Waals surface area contributed by atoms with Gasteiger partial charge in [-0.3, -0.25) is 9.36 Å². The van der Waals surface area contributed by atoms with Crippen molar-refractivity contribution >= 4 is 21.6 Å². The molecule has 2 aromatic heterocycles. The molecule has 158 valence electrons. The molecule has 1 saturated carbocycles. The van der Waals surface area contributed by atoms with Crippen LogP contribution >= 0.6 is 11.3 Å². The topological polar surface area (TPSA) is 56.2 Å². The first-order valence-corrected chi connectivity index (χ1v) is 11.9. The lowest BCUT2D eigenvalue weighted by molar-refractivity contribution is 0.322. The smallest absolute Gasteiger partial charge is 0.262 e. The molecule has 2 aliphatic carbocycles. The lowest BCUT2D eigenvalue weighted by Crippen LogP contribution is -2.42. The third-order valence-electron chi connectivity index (χ3n) is 6.60. The molecule has 1 aromatic carbocycles. The molecule has 1 fully saturated rings. The zero-order valence-corrected chi connectivity index (χ0v) is 18.3. The molecule has 30 heavy (non-hydrogen) atoms. The van der Waals surface area contributed by atoms with Crippen LogP contribution in [0.5, 0.6) is 5.75 Å². The number of aromatic nitrogens is 2. The summed E-state index contributed by atoms with van der Waals surface area (Å²) in [5.41, 5.74) is 2.37. The highest BCUT2D eigenvalue weighted by Gasteiger charge is 2.27. The van der Waals surface area contributed by atoms with E-state index in [9.17, 15) is 4.79 Å². The third-order valence-corrected chi connectivity index (χ3v) is 7.76. The fourth-order valence-corrected chi connectivity index (χ4v) is 6.28. The van der Waals surface area contributed by atoms with Gasteiger partial charge >= 0.3 is 0 Å². The van der Waals surface area contributed by atoms with Crippen molar-refractivity contribution in [3.63, 3.8) is 0 Å². The molecule has 1 atom stereocenters. The lowest BCUT2D eigenvalue weighted by atomic mass is 9.90. The highest BCUT2D eigenvalue weighted by Crippen LogP contribution is 2.34. The van der Waals surface area contributed by atoms with Crippen molar-refractivity contribution in [1.29, 1.82) is 0 Å². The van der Waals surface area contributed by atoms with Gasteiger partial charge in [-0.05, 0) is 55.4 Å². The quantitative estimate of drug-likeness (QED) is 0.665. The van der Waals surface area contributed by atoms with E-state index in [0.29, 0.717) is 18.6 Å². The Bertz CT molecular complexity index is 1100. The molecule has 5 rings (SSSR count). The Balaban J connectivity index is 1.39. The van der Waals surface area contributed by atoms with Gasteiger partial charge in [-0.2, -0.15) is 0 Å². The number of thiophene rings is 1. The fraction of sp³-hybridized carbons (Fsp3) is 0.500. The minimum atomic E-state index is 0.0824. The average Bonchev–Trinajstić information content (AvgIpc) is 3.15. The van der Waals surface area contributed by atoms with Gasteiger partial charge in [0.15, 0.2) is 0 Å². The van der Waals surface area contributed by atoms with Crippen LogP contribution in [-0.2, 0) is 19.4 Å². The van der Waals surface area contributed by atoms with Crippen LogP contribution in [0, 0.1) is 0 Å². The van der Waals surface area contributed by atoms with Crippen molar-refractivity contribution in [2.45, 2.75) is 70.0 Å². The van der Waals surface area contributed by atoms with Crippen LogP contribution < -0.4 is 15.6 Å². The number of nitrogens with zero attached hydrogens (tertiary/aromatic N) is 2. The second kappa shape index (κ2) is 8.52. The van der Waals surface area contributed by atoms with E-state index in [1.54, 1.807) is 29.3 Å². The zero-order valence-electron chi connectivity index (χ0n) is 17.5. The number of hydrogen-bond donors (Lipinski definition) is 1. The van der Waals surface area contributed by atoms with E-state index in [1.165, 1.54) is 42.5 Å². The third kappa shape index (κ3) is 3.91. The first kappa shape index (κ1) is 19.8. The highest BCUT2D eigenvalue weighted by molar-refractivity contribution is 7.18. The van der Waals surface area contributed by atoms with Gasteiger partial charge in [-0.1, -0.05) is 31.4 Å². The maximum atomic E-state index is 13.3. The van der Waals surface area contributed by atoms with Gasteiger partial charge in [0.2, 0.25) is 0 Å². The molecule has 6 heteroatoms. The summed E-state index contributed by atoms with van der Waals surface area (Å²) >= 11 is 1.72. The predicted octanol–water partition coefficient (Wildman–Crippen LogP) is 4.29. The first-order valence-electron chi connectivity index (χ1n) is 11.1. The summed E-state index contributed by atoms with van der Waals surface area (Å²) in [5, 5.41) is 4.75. The number of nitrogens with one attached hydrogen (secondary N) is 1. The average molecular weight is 424 g/mol. The standard InChI is InChI=1S/C24H29N3O2S/c1-29-19-9-5-6-16(12-19)14-27-15-25-23-22(24(27)28)20-11-10-18(13-21(20)30-23)26-17-7-3-2-4-8-17/h5-6,9,12,15,17-18,26H,2-4,7-8,10-11,13-14H2,1H3. The second-order valence-electron chi connectivity index (χ2n) is 8.65. The van der Waals surface area contributed by atoms with Crippen molar-refractivity contribution in [3.8, 4) is 5.75 Å². The maximum absolute atomic E-state index is 13.3. The number of hydrogen-bond acceptors (Lipinski definition) is 5. The van der Waals surface area contributed by atoms with Crippen LogP contribution in [0.25, 0.3) is 10.2 Å². The molecule has 3 aromatic rings. The van der Waals surface area contributed by atoms with Gasteiger partial charge in [0, 0.05) is 17.0 Å². The van der Waals surface area contributed by atoms with E-state index < -0.39 is 0 Å². The van der Waals surface area contributed by atoms with Crippen LogP contribution in [0.15, 0.2) is 35.4 Å². The number of methoxy groups -OCH3 is 1. The fourth-order valence-electron chi connectivity index (χ4n) is 5.03. The summed E-state index contributed by atoms with van der Waals surface area (Å²) in [6.45, 7) is 0.509. The molecule has 5 nitrogen and oxygen atoms in total. The summed E-state index contributed by atoms with van der Waals surface area (Å²) in [5.74, 6) is 0.805. The normalized spacial score (nSPS) is 19.7. The number of benzene rings is 1. The van der Waals surface area contributed by atoms with Gasteiger partial charge in [0.1, 0.15) is 10.6 Å². The minimum Gasteiger partial charge on any atom is -0.497 e. The summed E-state index contributed by atoms with van der Waals surface area (Å²) in [4.78, 5) is 20.2. The minimum absolute atomic E-state index is 0.0824. The van der Waals surface area contributed by atoms with E-state index in [0.717, 1.165) is 40.8 Å². The van der Waals surface area contributed by atoms with E-state index >= 15 is 0 Å². The van der Waals surface area contributed by atoms with Crippen LogP contribution in [0.4, 0.5) is 0 Å². The molecular weight excluding hydrogens is 394 g/mol. The molecule has 0 spiro atoms. The molecule has 1 unspecified atom stereocenters. The monoisotopic (exact) mass is 423 g/mol. The molecular formula is C24H29N3O2S. The van der Waals surface area contributed by atoms with Crippen LogP contribution in [0.3, 0.4) is 0 Å².